The number of amides is 6. The number of nitrogens with zero attached hydrogens (tertiary/aromatic N) is 9. The summed E-state index contributed by atoms with van der Waals surface area (Å²) in [6.07, 6.45) is 11.2. The average Bonchev–Trinajstić information content (AvgIpc) is 3.95. The molecule has 2 atom stereocenters. The molecule has 4 fully saturated rings. The van der Waals surface area contributed by atoms with Gasteiger partial charge in [0.2, 0.25) is 17.7 Å². The molecule has 5 aliphatic rings. The average molecular weight is 814 g/mol. The number of benzene rings is 1. The van der Waals surface area contributed by atoms with Crippen LogP contribution in [-0.2, 0) is 14.4 Å². The topological polar surface area (TPSA) is 244 Å². The zero-order valence-corrected chi connectivity index (χ0v) is 32.7. The van der Waals surface area contributed by atoms with Gasteiger partial charge in [0.15, 0.2) is 11.3 Å². The maximum absolute atomic E-state index is 13.7. The Morgan fingerprint density at radius 1 is 0.917 bits per heavy atom. The maximum Gasteiger partial charge on any atom is 0.262 e. The van der Waals surface area contributed by atoms with Gasteiger partial charge in [-0.15, -0.1) is 0 Å². The molecule has 1 unspecified atom stereocenters. The number of anilines is 3. The number of aromatic nitrogens is 5. The molecule has 3 aromatic heterocycles. The number of nitrogens with one attached hydrogen (secondary N) is 4. The lowest BCUT2D eigenvalue weighted by atomic mass is 9.85. The minimum atomic E-state index is -1.03. The van der Waals surface area contributed by atoms with E-state index in [2.05, 4.69) is 42.1 Å². The highest BCUT2D eigenvalue weighted by atomic mass is 16.2. The van der Waals surface area contributed by atoms with Crippen LogP contribution < -0.4 is 20.9 Å². The summed E-state index contributed by atoms with van der Waals surface area (Å²) in [5.74, 6) is -2.20. The number of carbonyl (C=O) groups is 6. The van der Waals surface area contributed by atoms with Crippen molar-refractivity contribution in [2.24, 2.45) is 5.92 Å². The van der Waals surface area contributed by atoms with Gasteiger partial charge in [0, 0.05) is 56.1 Å². The quantitative estimate of drug-likeness (QED) is 0.188. The fraction of sp³-hybridized carbons (Fsp3) is 0.439. The van der Waals surface area contributed by atoms with Crippen LogP contribution in [0.4, 0.5) is 17.2 Å². The molecule has 19 heteroatoms. The lowest BCUT2D eigenvalue weighted by molar-refractivity contribution is -0.137. The summed E-state index contributed by atoms with van der Waals surface area (Å²) >= 11 is 0. The van der Waals surface area contributed by atoms with Crippen molar-refractivity contribution in [2.75, 3.05) is 41.7 Å². The summed E-state index contributed by atoms with van der Waals surface area (Å²) in [6, 6.07) is 7.70. The molecular weight excluding hydrogens is 771 g/mol. The lowest BCUT2D eigenvalue weighted by Crippen LogP contribution is -2.54. The van der Waals surface area contributed by atoms with Gasteiger partial charge >= 0.3 is 0 Å². The minimum Gasteiger partial charge on any atom is -0.368 e. The van der Waals surface area contributed by atoms with Crippen molar-refractivity contribution in [3.63, 3.8) is 0 Å². The first-order valence-corrected chi connectivity index (χ1v) is 20.4. The zero-order valence-electron chi connectivity index (χ0n) is 32.7. The first kappa shape index (κ1) is 38.5. The standard InChI is InChI=1S/C41H43N13O6/c42-20-31-32(46-37(56)28-21-44-52-14-13-34(47-36(28)52)45-30-4-2-1-3-29(30)43)22-53(49-31)24-7-5-23(6-8-24)39(58)51-17-15-50(16-18-51)25-9-10-26-27(19-25)41(60)54(40(26)59)33-11-12-35(55)48-38(33)57/h9-10,13-14,19,21-24,30,33,43H,1-8,11-12,15-18H2,(H,45,47)(H,46,56)(H,48,55,57)/t23?,24?,30-,33?/m1/s1. The number of fused-ring (bicyclic) bond motifs is 2. The summed E-state index contributed by atoms with van der Waals surface area (Å²) < 4.78 is 3.21. The highest BCUT2D eigenvalue weighted by Gasteiger charge is 2.45. The van der Waals surface area contributed by atoms with Crippen LogP contribution in [0.25, 0.3) is 5.65 Å². The van der Waals surface area contributed by atoms with Crippen molar-refractivity contribution in [2.45, 2.75) is 82.3 Å². The van der Waals surface area contributed by atoms with Gasteiger partial charge < -0.3 is 25.8 Å². The van der Waals surface area contributed by atoms with Crippen molar-refractivity contribution in [1.82, 2.24) is 39.5 Å². The Bertz CT molecular complexity index is 2500. The van der Waals surface area contributed by atoms with Gasteiger partial charge in [0.1, 0.15) is 23.5 Å². The van der Waals surface area contributed by atoms with Crippen molar-refractivity contribution in [1.29, 1.82) is 10.7 Å². The monoisotopic (exact) mass is 813 g/mol. The normalized spacial score (nSPS) is 23.4. The van der Waals surface area contributed by atoms with Crippen LogP contribution >= 0.6 is 0 Å². The van der Waals surface area contributed by atoms with Gasteiger partial charge in [-0.25, -0.2) is 9.50 Å². The van der Waals surface area contributed by atoms with Gasteiger partial charge in [-0.2, -0.15) is 15.5 Å². The van der Waals surface area contributed by atoms with Crippen LogP contribution in [0.1, 0.15) is 107 Å². The summed E-state index contributed by atoms with van der Waals surface area (Å²) in [5, 5.41) is 35.3. The number of hydrogen-bond acceptors (Lipinski definition) is 13. The Labute approximate surface area is 343 Å². The van der Waals surface area contributed by atoms with Crippen molar-refractivity contribution in [3.8, 4) is 6.07 Å². The van der Waals surface area contributed by atoms with E-state index in [1.807, 2.05) is 4.90 Å². The maximum atomic E-state index is 13.7. The second-order valence-corrected chi connectivity index (χ2v) is 16.0. The molecule has 308 valence electrons. The fourth-order valence-corrected chi connectivity index (χ4v) is 9.09. The van der Waals surface area contributed by atoms with Gasteiger partial charge in [0.25, 0.3) is 17.7 Å². The van der Waals surface area contributed by atoms with Gasteiger partial charge in [-0.1, -0.05) is 6.42 Å². The Kier molecular flexibility index (Phi) is 10.1. The van der Waals surface area contributed by atoms with Gasteiger partial charge in [0.05, 0.1) is 41.3 Å². The largest absolute Gasteiger partial charge is 0.368 e. The van der Waals surface area contributed by atoms with Crippen LogP contribution in [0.15, 0.2) is 42.9 Å². The smallest absolute Gasteiger partial charge is 0.262 e. The molecule has 6 heterocycles. The van der Waals surface area contributed by atoms with Crippen LogP contribution in [0.2, 0.25) is 0 Å². The van der Waals surface area contributed by atoms with E-state index in [1.54, 1.807) is 41.3 Å². The molecule has 1 aromatic carbocycles. The van der Waals surface area contributed by atoms with Crippen LogP contribution in [0, 0.1) is 22.7 Å². The Morgan fingerprint density at radius 3 is 2.45 bits per heavy atom. The molecule has 0 bridgehead atoms. The molecular formula is C41H43N13O6. The second kappa shape index (κ2) is 15.7. The molecule has 6 amide bonds. The van der Waals surface area contributed by atoms with E-state index in [0.717, 1.165) is 36.3 Å². The number of piperazine rings is 1. The van der Waals surface area contributed by atoms with Crippen molar-refractivity contribution >= 4 is 64.0 Å². The Hall–Kier alpha value is -6.97. The molecule has 2 saturated heterocycles. The van der Waals surface area contributed by atoms with Crippen molar-refractivity contribution < 1.29 is 28.8 Å². The number of piperidine rings is 1. The van der Waals surface area contributed by atoms with E-state index in [0.29, 0.717) is 69.0 Å². The van der Waals surface area contributed by atoms with Crippen molar-refractivity contribution in [3.05, 3.63) is 65.2 Å². The van der Waals surface area contributed by atoms with E-state index >= 15 is 0 Å². The van der Waals surface area contributed by atoms with E-state index in [9.17, 15) is 34.0 Å². The molecule has 60 heavy (non-hydrogen) atoms. The van der Waals surface area contributed by atoms with Gasteiger partial charge in [-0.3, -0.25) is 43.7 Å². The summed E-state index contributed by atoms with van der Waals surface area (Å²) in [6.45, 7) is 2.05. The third-order valence-corrected chi connectivity index (χ3v) is 12.4. The van der Waals surface area contributed by atoms with E-state index in [4.69, 9.17) is 5.41 Å². The molecule has 9 rings (SSSR count). The highest BCUT2D eigenvalue weighted by Crippen LogP contribution is 2.35. The molecule has 4 N–H and O–H groups in total. The SMILES string of the molecule is N#Cc1nn(C2CCC(C(=O)N3CCN(c4ccc5c(c4)C(=O)N(C4CCC(=O)NC4=O)C5=O)CC3)CC2)cc1NC(=O)c1cnn2ccc(N[C@@H]3CCCCC3=N)nc12. The van der Waals surface area contributed by atoms with Gasteiger partial charge in [-0.05, 0) is 75.6 Å². The molecule has 19 nitrogen and oxygen atoms in total. The second-order valence-electron chi connectivity index (χ2n) is 16.0. The van der Waals surface area contributed by atoms with E-state index < -0.39 is 35.6 Å². The highest BCUT2D eigenvalue weighted by molar-refractivity contribution is 6.23. The summed E-state index contributed by atoms with van der Waals surface area (Å²) in [7, 11) is 0. The number of rotatable bonds is 8. The fourth-order valence-electron chi connectivity index (χ4n) is 9.09. The number of nitriles is 1. The molecule has 3 aliphatic heterocycles. The molecule has 4 aromatic rings. The minimum absolute atomic E-state index is 0.0502. The van der Waals surface area contributed by atoms with E-state index in [-0.39, 0.29) is 64.8 Å². The predicted octanol–water partition coefficient (Wildman–Crippen LogP) is 2.91. The molecule has 2 aliphatic carbocycles. The predicted molar refractivity (Wildman–Crippen MR) is 214 cm³/mol. The summed E-state index contributed by atoms with van der Waals surface area (Å²) in [4.78, 5) is 87.3. The zero-order chi connectivity index (χ0) is 41.7. The molecule has 2 saturated carbocycles. The third-order valence-electron chi connectivity index (χ3n) is 12.4. The third kappa shape index (κ3) is 7.11. The summed E-state index contributed by atoms with van der Waals surface area (Å²) in [5.41, 5.74) is 2.74. The van der Waals surface area contributed by atoms with Crippen LogP contribution in [0.5, 0.6) is 0 Å². The Morgan fingerprint density at radius 2 is 1.70 bits per heavy atom. The molecule has 0 radical (unpaired) electrons. The molecule has 0 spiro atoms. The lowest BCUT2D eigenvalue weighted by Gasteiger charge is -2.39. The first-order chi connectivity index (χ1) is 29.1. The Balaban J connectivity index is 0.784. The van der Waals surface area contributed by atoms with Crippen LogP contribution in [-0.4, -0.2) is 114 Å². The number of carbonyl (C=O) groups excluding carboxylic acids is 6. The first-order valence-electron chi connectivity index (χ1n) is 20.4. The van der Waals surface area contributed by atoms with E-state index in [1.165, 1.54) is 10.7 Å². The number of imide groups is 2. The van der Waals surface area contributed by atoms with Crippen LogP contribution in [0.3, 0.4) is 0 Å². The number of hydrogen-bond donors (Lipinski definition) is 4.